The average molecular weight is 162 g/mol. The van der Waals surface area contributed by atoms with E-state index in [9.17, 15) is 0 Å². The third-order valence-corrected chi connectivity index (χ3v) is 2.58. The molecule has 1 fully saturated rings. The van der Waals surface area contributed by atoms with Crippen LogP contribution in [0.2, 0.25) is 0 Å². The first-order valence-corrected chi connectivity index (χ1v) is 4.52. The Hall–Kier alpha value is -0.820. The van der Waals surface area contributed by atoms with Gasteiger partial charge in [0.05, 0.1) is 12.7 Å². The smallest absolute Gasteiger partial charge is 0.0600 e. The Bertz CT molecular complexity index is 242. The van der Waals surface area contributed by atoms with E-state index in [1.54, 1.807) is 0 Å². The molecule has 64 valence electrons. The summed E-state index contributed by atoms with van der Waals surface area (Å²) in [5.41, 5.74) is 1.43. The Balaban J connectivity index is 1.95. The van der Waals surface area contributed by atoms with Crippen molar-refractivity contribution in [2.24, 2.45) is 5.92 Å². The summed E-state index contributed by atoms with van der Waals surface area (Å²) in [5, 5.41) is 0. The number of hydrogen-bond acceptors (Lipinski definition) is 1. The minimum Gasteiger partial charge on any atom is -0.378 e. The molecule has 1 nitrogen and oxygen atoms in total. The predicted octanol–water partition coefficient (Wildman–Crippen LogP) is 2.26. The molecule has 0 aromatic heterocycles. The summed E-state index contributed by atoms with van der Waals surface area (Å²) in [6, 6.07) is 10.6. The highest BCUT2D eigenvalue weighted by molar-refractivity contribution is 5.15. The van der Waals surface area contributed by atoms with Gasteiger partial charge in [0.1, 0.15) is 0 Å². The van der Waals surface area contributed by atoms with Crippen LogP contribution in [0.4, 0.5) is 0 Å². The average Bonchev–Trinajstić information content (AvgIpc) is 2.14. The molecule has 1 heterocycles. The standard InChI is InChI=1S/C11H14O/c1-9-11(8-12-9)7-10-5-3-2-4-6-10/h2-6,9,11H,7-8H2,1H3. The molecule has 1 aromatic rings. The molecule has 0 amide bonds. The van der Waals surface area contributed by atoms with Crippen LogP contribution in [0.5, 0.6) is 0 Å². The Labute approximate surface area is 73.4 Å². The Morgan fingerprint density at radius 3 is 2.58 bits per heavy atom. The molecule has 0 aliphatic carbocycles. The van der Waals surface area contributed by atoms with Gasteiger partial charge < -0.3 is 4.74 Å². The summed E-state index contributed by atoms with van der Waals surface area (Å²) in [6.45, 7) is 3.09. The molecule has 0 N–H and O–H groups in total. The molecule has 1 aliphatic rings. The molecule has 2 rings (SSSR count). The minimum atomic E-state index is 0.463. The molecule has 12 heavy (non-hydrogen) atoms. The molecule has 1 aromatic carbocycles. The van der Waals surface area contributed by atoms with Crippen LogP contribution in [-0.4, -0.2) is 12.7 Å². The zero-order chi connectivity index (χ0) is 8.39. The number of hydrogen-bond donors (Lipinski definition) is 0. The van der Waals surface area contributed by atoms with Gasteiger partial charge in [0, 0.05) is 5.92 Å². The molecule has 0 radical (unpaired) electrons. The van der Waals surface area contributed by atoms with Gasteiger partial charge in [-0.3, -0.25) is 0 Å². The van der Waals surface area contributed by atoms with Gasteiger partial charge in [-0.25, -0.2) is 0 Å². The van der Waals surface area contributed by atoms with E-state index in [0.29, 0.717) is 6.10 Å². The van der Waals surface area contributed by atoms with E-state index in [2.05, 4.69) is 37.3 Å². The summed E-state index contributed by atoms with van der Waals surface area (Å²) in [5.74, 6) is 0.743. The van der Waals surface area contributed by atoms with Gasteiger partial charge in [0.15, 0.2) is 0 Å². The molecule has 2 atom stereocenters. The Morgan fingerprint density at radius 1 is 1.33 bits per heavy atom. The summed E-state index contributed by atoms with van der Waals surface area (Å²) in [6.07, 6.45) is 1.63. The molecule has 0 saturated carbocycles. The maximum Gasteiger partial charge on any atom is 0.0600 e. The lowest BCUT2D eigenvalue weighted by atomic mass is 9.92. The third kappa shape index (κ3) is 1.51. The lowest BCUT2D eigenvalue weighted by molar-refractivity contribution is -0.102. The van der Waals surface area contributed by atoms with Crippen molar-refractivity contribution in [3.8, 4) is 0 Å². The lowest BCUT2D eigenvalue weighted by Crippen LogP contribution is -2.38. The van der Waals surface area contributed by atoms with Crippen LogP contribution >= 0.6 is 0 Å². The summed E-state index contributed by atoms with van der Waals surface area (Å²) < 4.78 is 5.32. The maximum atomic E-state index is 5.32. The van der Waals surface area contributed by atoms with Gasteiger partial charge in [-0.1, -0.05) is 30.3 Å². The van der Waals surface area contributed by atoms with E-state index in [-0.39, 0.29) is 0 Å². The number of benzene rings is 1. The molecular weight excluding hydrogens is 148 g/mol. The fraction of sp³-hybridized carbons (Fsp3) is 0.455. The monoisotopic (exact) mass is 162 g/mol. The van der Waals surface area contributed by atoms with Crippen LogP contribution in [0.1, 0.15) is 12.5 Å². The van der Waals surface area contributed by atoms with Crippen LogP contribution in [-0.2, 0) is 11.2 Å². The van der Waals surface area contributed by atoms with Gasteiger partial charge in [-0.2, -0.15) is 0 Å². The van der Waals surface area contributed by atoms with Crippen LogP contribution in [0.15, 0.2) is 30.3 Å². The van der Waals surface area contributed by atoms with Gasteiger partial charge >= 0.3 is 0 Å². The summed E-state index contributed by atoms with van der Waals surface area (Å²) in [4.78, 5) is 0. The Kier molecular flexibility index (Phi) is 2.13. The van der Waals surface area contributed by atoms with E-state index in [4.69, 9.17) is 4.74 Å². The first-order chi connectivity index (χ1) is 5.86. The van der Waals surface area contributed by atoms with E-state index in [1.165, 1.54) is 12.0 Å². The fourth-order valence-corrected chi connectivity index (χ4v) is 1.57. The van der Waals surface area contributed by atoms with Crippen molar-refractivity contribution in [2.75, 3.05) is 6.61 Å². The van der Waals surface area contributed by atoms with Gasteiger partial charge in [-0.05, 0) is 18.9 Å². The van der Waals surface area contributed by atoms with Crippen molar-refractivity contribution >= 4 is 0 Å². The second-order valence-corrected chi connectivity index (χ2v) is 3.49. The molecule has 2 unspecified atom stereocenters. The van der Waals surface area contributed by atoms with Crippen molar-refractivity contribution < 1.29 is 4.74 Å². The molecule has 1 saturated heterocycles. The highest BCUT2D eigenvalue weighted by Gasteiger charge is 2.27. The van der Waals surface area contributed by atoms with E-state index >= 15 is 0 Å². The van der Waals surface area contributed by atoms with E-state index in [0.717, 1.165) is 12.5 Å². The highest BCUT2D eigenvalue weighted by atomic mass is 16.5. The fourth-order valence-electron chi connectivity index (χ4n) is 1.57. The first kappa shape index (κ1) is 7.81. The second kappa shape index (κ2) is 3.28. The zero-order valence-corrected chi connectivity index (χ0v) is 7.36. The largest absolute Gasteiger partial charge is 0.378 e. The van der Waals surface area contributed by atoms with Crippen molar-refractivity contribution in [3.63, 3.8) is 0 Å². The molecule has 1 aliphatic heterocycles. The van der Waals surface area contributed by atoms with Crippen molar-refractivity contribution in [1.29, 1.82) is 0 Å². The molecular formula is C11H14O. The summed E-state index contributed by atoms with van der Waals surface area (Å²) in [7, 11) is 0. The molecule has 1 heteroatoms. The minimum absolute atomic E-state index is 0.463. The van der Waals surface area contributed by atoms with Crippen molar-refractivity contribution in [3.05, 3.63) is 35.9 Å². The number of ether oxygens (including phenoxy) is 1. The van der Waals surface area contributed by atoms with E-state index < -0.39 is 0 Å². The van der Waals surface area contributed by atoms with Crippen LogP contribution in [0.3, 0.4) is 0 Å². The lowest BCUT2D eigenvalue weighted by Gasteiger charge is -2.34. The van der Waals surface area contributed by atoms with Gasteiger partial charge in [0.25, 0.3) is 0 Å². The molecule has 0 bridgehead atoms. The summed E-state index contributed by atoms with van der Waals surface area (Å²) >= 11 is 0. The quantitative estimate of drug-likeness (QED) is 0.648. The normalized spacial score (nSPS) is 28.1. The molecule has 0 spiro atoms. The predicted molar refractivity (Wildman–Crippen MR) is 49.1 cm³/mol. The second-order valence-electron chi connectivity index (χ2n) is 3.49. The highest BCUT2D eigenvalue weighted by Crippen LogP contribution is 2.23. The topological polar surface area (TPSA) is 9.23 Å². The van der Waals surface area contributed by atoms with E-state index in [1.807, 2.05) is 0 Å². The van der Waals surface area contributed by atoms with Crippen molar-refractivity contribution in [2.45, 2.75) is 19.4 Å². The Morgan fingerprint density at radius 2 is 2.08 bits per heavy atom. The number of rotatable bonds is 2. The zero-order valence-electron chi connectivity index (χ0n) is 7.36. The van der Waals surface area contributed by atoms with Crippen molar-refractivity contribution in [1.82, 2.24) is 0 Å². The van der Waals surface area contributed by atoms with Gasteiger partial charge in [0.2, 0.25) is 0 Å². The van der Waals surface area contributed by atoms with Gasteiger partial charge in [-0.15, -0.1) is 0 Å². The third-order valence-electron chi connectivity index (χ3n) is 2.58. The van der Waals surface area contributed by atoms with Crippen LogP contribution < -0.4 is 0 Å². The van der Waals surface area contributed by atoms with Crippen LogP contribution in [0.25, 0.3) is 0 Å². The SMILES string of the molecule is CC1OCC1Cc1ccccc1. The maximum absolute atomic E-state index is 5.32. The first-order valence-electron chi connectivity index (χ1n) is 4.52. The van der Waals surface area contributed by atoms with Crippen LogP contribution in [0, 0.1) is 5.92 Å².